The van der Waals surface area contributed by atoms with Crippen molar-refractivity contribution in [2.75, 3.05) is 26.4 Å². The normalized spacial score (nSPS) is 18.5. The Morgan fingerprint density at radius 3 is 1.09 bits per heavy atom. The molecule has 0 aliphatic carbocycles. The highest BCUT2D eigenvalue weighted by molar-refractivity contribution is 6.94. The molecule has 0 amide bonds. The first-order valence-corrected chi connectivity index (χ1v) is 50.7. The molecule has 6 heterocycles. The van der Waals surface area contributed by atoms with Gasteiger partial charge in [-0.15, -0.1) is 0 Å². The molecule has 12 rings (SSSR count). The molecule has 8 aromatic rings. The SMILES string of the molecule is CC(C)OB1OCCO1.Cc1cc(B2OC(C)(C)C(C)(C)O2)c(OC2CCCCO2)c(-n2c3cc([Si](C)(C(C)C)C(C)C)ccc3c3ccc([Si](C)(C(C)C)C(C)C)cc32)c1.Cc1ccc(OC2CCCCO2)c(-n2c3cc([Si](C)(C(C)C)C(C)C)ccc3c3ccc([Si](C)(C(C)C)C(C)C)cc32)c1. The van der Waals surface area contributed by atoms with E-state index in [4.69, 9.17) is 42.2 Å². The summed E-state index contributed by atoms with van der Waals surface area (Å²) in [5.41, 5.74) is 14.6. The second-order valence-electron chi connectivity index (χ2n) is 35.8. The van der Waals surface area contributed by atoms with Gasteiger partial charge in [0, 0.05) is 46.0 Å². The Bertz CT molecular complexity index is 4050. The number of benzene rings is 6. The van der Waals surface area contributed by atoms with Gasteiger partial charge in [0.25, 0.3) is 0 Å². The van der Waals surface area contributed by atoms with Crippen LogP contribution in [0.1, 0.15) is 202 Å². The van der Waals surface area contributed by atoms with Gasteiger partial charge < -0.3 is 51.4 Å². The monoisotopic (exact) mass is 1480 g/mol. The second kappa shape index (κ2) is 32.4. The summed E-state index contributed by atoms with van der Waals surface area (Å²) in [7, 11) is -8.23. The zero-order valence-electron chi connectivity index (χ0n) is 69.5. The van der Waals surface area contributed by atoms with Crippen molar-refractivity contribution in [2.45, 2.75) is 305 Å². The van der Waals surface area contributed by atoms with E-state index in [0.29, 0.717) is 64.2 Å². The standard InChI is InChI=1S/C44H66BNO4Si2.C38H55NO2Si2.C5H11BO3/c1-28(2)51(14,29(3)4)33-19-21-35-36-22-20-34(52(15,30(5)6)31(7)8)27-39(36)46(38(35)26-33)40-25-32(9)24-37(42(40)48-41-18-16-17-23-47-41)45-49-43(10,11)44(12,13)50-45;1-25(2)42(10,26(3)4)30-16-18-32-33-19-17-31(43(11,27(5)6)28(7)8)24-35(33)39(34(32)23-30)36-22-29(9)15-20-37(36)41-38-14-12-13-21-40-38;1-5(2)9-6-7-3-4-8-6/h19-22,24-31,41H,16-18,23H2,1-15H3;15-20,22-28,38H,12-14,21H2,1-11H3;5H,3-4H2,1-2H3. The number of ether oxygens (including phenoxy) is 4. The fourth-order valence-corrected chi connectivity index (χ4v) is 31.1. The first-order valence-electron chi connectivity index (χ1n) is 40.1. The second-order valence-corrected chi connectivity index (χ2v) is 57.6. The topological polar surface area (TPSA) is 92.9 Å². The van der Waals surface area contributed by atoms with Gasteiger partial charge in [-0.2, -0.15) is 0 Å². The van der Waals surface area contributed by atoms with Gasteiger partial charge in [0.2, 0.25) is 0 Å². The lowest BCUT2D eigenvalue weighted by Crippen LogP contribution is -2.50. The van der Waals surface area contributed by atoms with Gasteiger partial charge in [-0.25, -0.2) is 0 Å². The van der Waals surface area contributed by atoms with Gasteiger partial charge in [0.05, 0.1) is 103 Å². The van der Waals surface area contributed by atoms with Crippen molar-refractivity contribution in [1.29, 1.82) is 0 Å². The van der Waals surface area contributed by atoms with Crippen LogP contribution in [-0.2, 0) is 32.7 Å². The molecule has 4 saturated heterocycles. The summed E-state index contributed by atoms with van der Waals surface area (Å²) in [6.45, 7) is 68.7. The van der Waals surface area contributed by atoms with Gasteiger partial charge in [-0.1, -0.05) is 218 Å². The Hall–Kier alpha value is -4.76. The molecule has 11 nitrogen and oxygen atoms in total. The van der Waals surface area contributed by atoms with Crippen LogP contribution in [0.5, 0.6) is 11.5 Å². The molecule has 0 saturated carbocycles. The summed E-state index contributed by atoms with van der Waals surface area (Å²) in [6.07, 6.45) is 5.86. The predicted molar refractivity (Wildman–Crippen MR) is 455 cm³/mol. The fraction of sp³-hybridized carbons (Fsp3) is 0.586. The van der Waals surface area contributed by atoms with Gasteiger partial charge in [-0.05, 0) is 179 Å². The zero-order chi connectivity index (χ0) is 76.1. The lowest BCUT2D eigenvalue weighted by atomic mass is 9.77. The Balaban J connectivity index is 0.000000201. The summed E-state index contributed by atoms with van der Waals surface area (Å²) < 4.78 is 60.0. The van der Waals surface area contributed by atoms with E-state index in [1.807, 2.05) is 13.8 Å². The minimum Gasteiger partial charge on any atom is -0.463 e. The van der Waals surface area contributed by atoms with Crippen LogP contribution in [0.2, 0.25) is 70.5 Å². The number of nitrogens with zero attached hydrogens (tertiary/aromatic N) is 2. The minimum absolute atomic E-state index is 0.174. The van der Waals surface area contributed by atoms with Crippen LogP contribution in [0.4, 0.5) is 0 Å². The van der Waals surface area contributed by atoms with E-state index < -0.39 is 57.9 Å². The Kier molecular flexibility index (Phi) is 25.5. The molecule has 0 spiro atoms. The summed E-state index contributed by atoms with van der Waals surface area (Å²) in [5, 5.41) is 11.3. The molecule has 17 heteroatoms. The number of aryl methyl sites for hydroxylation is 2. The van der Waals surface area contributed by atoms with Crippen LogP contribution in [0.3, 0.4) is 0 Å². The van der Waals surface area contributed by atoms with Crippen LogP contribution in [0.25, 0.3) is 55.0 Å². The maximum absolute atomic E-state index is 7.11. The zero-order valence-corrected chi connectivity index (χ0v) is 73.5. The van der Waals surface area contributed by atoms with Crippen LogP contribution < -0.4 is 35.7 Å². The summed E-state index contributed by atoms with van der Waals surface area (Å²) >= 11 is 0. The molecule has 0 bridgehead atoms. The number of rotatable bonds is 21. The number of hydrogen-bond donors (Lipinski definition) is 0. The fourth-order valence-electron chi connectivity index (χ4n) is 16.9. The van der Waals surface area contributed by atoms with Gasteiger partial charge in [-0.3, -0.25) is 0 Å². The smallest absolute Gasteiger partial charge is 0.463 e. The van der Waals surface area contributed by atoms with E-state index in [1.54, 1.807) is 10.4 Å². The van der Waals surface area contributed by atoms with Crippen molar-refractivity contribution in [1.82, 2.24) is 9.13 Å². The van der Waals surface area contributed by atoms with Crippen molar-refractivity contribution in [3.63, 3.8) is 0 Å². The van der Waals surface area contributed by atoms with E-state index in [9.17, 15) is 0 Å². The molecule has 0 radical (unpaired) electrons. The van der Waals surface area contributed by atoms with E-state index in [-0.39, 0.29) is 18.7 Å². The van der Waals surface area contributed by atoms with Gasteiger partial charge in [0.1, 0.15) is 11.5 Å². The molecule has 0 N–H and O–H groups in total. The molecule has 104 heavy (non-hydrogen) atoms. The lowest BCUT2D eigenvalue weighted by Gasteiger charge is -2.36. The van der Waals surface area contributed by atoms with Crippen molar-refractivity contribution in [3.05, 3.63) is 114 Å². The summed E-state index contributed by atoms with van der Waals surface area (Å²) in [6, 6.07) is 40.8. The highest BCUT2D eigenvalue weighted by Crippen LogP contribution is 2.45. The maximum Gasteiger partial charge on any atom is 0.639 e. The summed E-state index contributed by atoms with van der Waals surface area (Å²) in [5.74, 6) is 1.71. The molecule has 4 aliphatic rings. The molecule has 2 unspecified atom stereocenters. The van der Waals surface area contributed by atoms with E-state index >= 15 is 0 Å². The molecule has 2 aromatic heterocycles. The van der Waals surface area contributed by atoms with Crippen molar-refractivity contribution in [2.24, 2.45) is 0 Å². The van der Waals surface area contributed by atoms with E-state index in [0.717, 1.165) is 79.0 Å². The highest BCUT2D eigenvalue weighted by Gasteiger charge is 2.53. The van der Waals surface area contributed by atoms with Crippen LogP contribution in [-0.4, -0.2) is 112 Å². The third kappa shape index (κ3) is 15.9. The lowest BCUT2D eigenvalue weighted by molar-refractivity contribution is -0.106. The van der Waals surface area contributed by atoms with Crippen molar-refractivity contribution in [3.8, 4) is 22.9 Å². The third-order valence-electron chi connectivity index (χ3n) is 26.7. The Morgan fingerprint density at radius 1 is 0.404 bits per heavy atom. The maximum atomic E-state index is 7.11. The minimum atomic E-state index is -1.86. The van der Waals surface area contributed by atoms with Gasteiger partial charge in [0.15, 0.2) is 12.6 Å². The molecule has 2 atom stereocenters. The van der Waals surface area contributed by atoms with Gasteiger partial charge >= 0.3 is 14.4 Å². The highest BCUT2D eigenvalue weighted by atomic mass is 28.3. The Morgan fingerprint density at radius 2 is 0.750 bits per heavy atom. The molecular weight excluding hydrogens is 1350 g/mol. The predicted octanol–water partition coefficient (Wildman–Crippen LogP) is 21.2. The number of aromatic nitrogens is 2. The van der Waals surface area contributed by atoms with Crippen LogP contribution >= 0.6 is 0 Å². The summed E-state index contributed by atoms with van der Waals surface area (Å²) in [4.78, 5) is 0. The first kappa shape index (κ1) is 81.7. The van der Waals surface area contributed by atoms with Crippen LogP contribution in [0.15, 0.2) is 103 Å². The molecule has 6 aromatic carbocycles. The van der Waals surface area contributed by atoms with Crippen LogP contribution in [0, 0.1) is 13.8 Å². The first-order chi connectivity index (χ1) is 48.8. The largest absolute Gasteiger partial charge is 0.639 e. The molecular formula is C87H132B2N2O9Si4. The Labute approximate surface area is 632 Å². The average molecular weight is 1480 g/mol. The number of fused-ring (bicyclic) bond motifs is 6. The van der Waals surface area contributed by atoms with Crippen molar-refractivity contribution >= 4 is 117 Å². The third-order valence-corrected chi connectivity index (χ3v) is 52.1. The molecule has 566 valence electrons. The number of hydrogen-bond acceptors (Lipinski definition) is 9. The molecule has 4 aliphatic heterocycles. The average Bonchev–Trinajstić information content (AvgIpc) is 1.57. The van der Waals surface area contributed by atoms with E-state index in [1.165, 1.54) is 59.5 Å². The quantitative estimate of drug-likeness (QED) is 0.0652. The van der Waals surface area contributed by atoms with E-state index in [2.05, 4.69) is 291 Å². The van der Waals surface area contributed by atoms with Crippen molar-refractivity contribution < 1.29 is 42.2 Å². The molecule has 4 fully saturated rings.